The number of nitrogens with one attached hydrogen (secondary N) is 2. The molecule has 2 N–H and O–H groups in total. The van der Waals surface area contributed by atoms with Gasteiger partial charge >= 0.3 is 0 Å². The van der Waals surface area contributed by atoms with Gasteiger partial charge in [-0.25, -0.2) is 5.43 Å². The first-order valence-corrected chi connectivity index (χ1v) is 8.87. The molecule has 0 unspecified atom stereocenters. The van der Waals surface area contributed by atoms with E-state index < -0.39 is 0 Å². The van der Waals surface area contributed by atoms with E-state index in [1.165, 1.54) is 0 Å². The van der Waals surface area contributed by atoms with E-state index in [1.807, 2.05) is 48.5 Å². The van der Waals surface area contributed by atoms with Gasteiger partial charge in [-0.1, -0.05) is 22.0 Å². The fourth-order valence-corrected chi connectivity index (χ4v) is 2.52. The Morgan fingerprint density at radius 3 is 2.54 bits per heavy atom. The molecule has 0 atom stereocenters. The summed E-state index contributed by atoms with van der Waals surface area (Å²) in [5.41, 5.74) is 4.02. The maximum absolute atomic E-state index is 11.9. The van der Waals surface area contributed by atoms with E-state index in [1.54, 1.807) is 13.3 Å². The van der Waals surface area contributed by atoms with E-state index in [0.29, 0.717) is 6.42 Å². The molecule has 2 aromatic rings. The molecule has 0 heterocycles. The molecule has 26 heavy (non-hydrogen) atoms. The Hall–Kier alpha value is -2.67. The molecule has 0 aliphatic heterocycles. The Labute approximate surface area is 160 Å². The lowest BCUT2D eigenvalue weighted by molar-refractivity contribution is -0.121. The molecular formula is C19H20BrN3O3. The summed E-state index contributed by atoms with van der Waals surface area (Å²) < 4.78 is 5.96. The third-order valence-electron chi connectivity index (χ3n) is 3.43. The van der Waals surface area contributed by atoms with Gasteiger partial charge in [0.05, 0.1) is 13.3 Å². The standard InChI is InChI=1S/C19H20BrN3O3/c1-26-17-10-8-14(9-11-17)13-21-23-19(25)7-3-6-18(24)22-16-5-2-4-15(20)12-16/h2,4-5,8-13H,3,6-7H2,1H3,(H,22,24)(H,23,25)/b21-13+. The fourth-order valence-electron chi connectivity index (χ4n) is 2.12. The van der Waals surface area contributed by atoms with Gasteiger partial charge in [0, 0.05) is 23.0 Å². The van der Waals surface area contributed by atoms with E-state index in [2.05, 4.69) is 31.8 Å². The van der Waals surface area contributed by atoms with Gasteiger partial charge in [0.25, 0.3) is 0 Å². The zero-order valence-corrected chi connectivity index (χ0v) is 16.0. The molecule has 0 bridgehead atoms. The van der Waals surface area contributed by atoms with Gasteiger partial charge in [-0.3, -0.25) is 9.59 Å². The van der Waals surface area contributed by atoms with Crippen LogP contribution in [0.3, 0.4) is 0 Å². The molecule has 2 amide bonds. The van der Waals surface area contributed by atoms with Crippen LogP contribution in [0.15, 0.2) is 58.1 Å². The van der Waals surface area contributed by atoms with Crippen molar-refractivity contribution < 1.29 is 14.3 Å². The van der Waals surface area contributed by atoms with Gasteiger partial charge < -0.3 is 10.1 Å². The van der Waals surface area contributed by atoms with Crippen LogP contribution in [0.2, 0.25) is 0 Å². The van der Waals surface area contributed by atoms with Crippen molar-refractivity contribution in [1.82, 2.24) is 5.43 Å². The lowest BCUT2D eigenvalue weighted by Crippen LogP contribution is -2.18. The summed E-state index contributed by atoms with van der Waals surface area (Å²) in [6, 6.07) is 14.6. The zero-order chi connectivity index (χ0) is 18.8. The molecule has 136 valence electrons. The number of anilines is 1. The predicted molar refractivity (Wildman–Crippen MR) is 105 cm³/mol. The Morgan fingerprint density at radius 2 is 1.85 bits per heavy atom. The van der Waals surface area contributed by atoms with Crippen molar-refractivity contribution in [3.8, 4) is 5.75 Å². The highest BCUT2D eigenvalue weighted by Crippen LogP contribution is 2.16. The SMILES string of the molecule is COc1ccc(/C=N/NC(=O)CCCC(=O)Nc2cccc(Br)c2)cc1. The first-order valence-electron chi connectivity index (χ1n) is 8.08. The van der Waals surface area contributed by atoms with Crippen LogP contribution in [0.4, 0.5) is 5.69 Å². The van der Waals surface area contributed by atoms with Gasteiger partial charge in [-0.2, -0.15) is 5.10 Å². The fraction of sp³-hybridized carbons (Fsp3) is 0.211. The number of hydrazone groups is 1. The molecule has 0 saturated heterocycles. The summed E-state index contributed by atoms with van der Waals surface area (Å²) in [5, 5.41) is 6.69. The molecule has 2 rings (SSSR count). The minimum atomic E-state index is -0.231. The largest absolute Gasteiger partial charge is 0.497 e. The highest BCUT2D eigenvalue weighted by molar-refractivity contribution is 9.10. The first kappa shape index (κ1) is 19.7. The van der Waals surface area contributed by atoms with Crippen molar-refractivity contribution in [3.05, 3.63) is 58.6 Å². The minimum absolute atomic E-state index is 0.127. The molecule has 6 nitrogen and oxygen atoms in total. The summed E-state index contributed by atoms with van der Waals surface area (Å²) >= 11 is 3.35. The van der Waals surface area contributed by atoms with Gasteiger partial charge in [0.15, 0.2) is 0 Å². The monoisotopic (exact) mass is 417 g/mol. The lowest BCUT2D eigenvalue weighted by Gasteiger charge is -2.05. The van der Waals surface area contributed by atoms with E-state index in [0.717, 1.165) is 21.5 Å². The van der Waals surface area contributed by atoms with E-state index >= 15 is 0 Å². The van der Waals surface area contributed by atoms with Crippen LogP contribution in [0.25, 0.3) is 0 Å². The van der Waals surface area contributed by atoms with Crippen molar-refractivity contribution in [2.75, 3.05) is 12.4 Å². The average Bonchev–Trinajstić information content (AvgIpc) is 2.62. The number of methoxy groups -OCH3 is 1. The van der Waals surface area contributed by atoms with E-state index in [4.69, 9.17) is 4.74 Å². The zero-order valence-electron chi connectivity index (χ0n) is 14.4. The number of amides is 2. The van der Waals surface area contributed by atoms with Gasteiger partial charge in [-0.05, 0) is 54.4 Å². The Kier molecular flexibility index (Phi) is 7.82. The summed E-state index contributed by atoms with van der Waals surface area (Å²) in [7, 11) is 1.60. The van der Waals surface area contributed by atoms with Crippen LogP contribution < -0.4 is 15.5 Å². The third kappa shape index (κ3) is 7.06. The molecule has 7 heteroatoms. The van der Waals surface area contributed by atoms with Crippen LogP contribution in [0.5, 0.6) is 5.75 Å². The number of halogens is 1. The van der Waals surface area contributed by atoms with Gasteiger partial charge in [-0.15, -0.1) is 0 Å². The number of benzene rings is 2. The molecule has 2 aromatic carbocycles. The average molecular weight is 418 g/mol. The van der Waals surface area contributed by atoms with Crippen LogP contribution in [-0.2, 0) is 9.59 Å². The molecule has 0 spiro atoms. The first-order chi connectivity index (χ1) is 12.6. The molecule has 0 saturated carbocycles. The Bertz CT molecular complexity index is 776. The third-order valence-corrected chi connectivity index (χ3v) is 3.93. The van der Waals surface area contributed by atoms with Crippen LogP contribution in [0.1, 0.15) is 24.8 Å². The van der Waals surface area contributed by atoms with E-state index in [9.17, 15) is 9.59 Å². The normalized spacial score (nSPS) is 10.5. The topological polar surface area (TPSA) is 79.8 Å². The van der Waals surface area contributed by atoms with Crippen LogP contribution in [-0.4, -0.2) is 25.1 Å². The van der Waals surface area contributed by atoms with Crippen LogP contribution >= 0.6 is 15.9 Å². The van der Waals surface area contributed by atoms with Crippen molar-refractivity contribution >= 4 is 39.6 Å². The quantitative estimate of drug-likeness (QED) is 0.507. The molecule has 0 aliphatic carbocycles. The second-order valence-corrected chi connectivity index (χ2v) is 6.39. The van der Waals surface area contributed by atoms with Crippen molar-refractivity contribution in [2.45, 2.75) is 19.3 Å². The maximum atomic E-state index is 11.9. The number of hydrogen-bond acceptors (Lipinski definition) is 4. The molecule has 0 aromatic heterocycles. The number of carbonyl (C=O) groups excluding carboxylic acids is 2. The highest BCUT2D eigenvalue weighted by Gasteiger charge is 2.05. The molecule has 0 radical (unpaired) electrons. The molecule has 0 fully saturated rings. The number of hydrogen-bond donors (Lipinski definition) is 2. The molecule has 0 aliphatic rings. The minimum Gasteiger partial charge on any atom is -0.497 e. The number of carbonyl (C=O) groups is 2. The predicted octanol–water partition coefficient (Wildman–Crippen LogP) is 3.72. The van der Waals surface area contributed by atoms with E-state index in [-0.39, 0.29) is 24.7 Å². The van der Waals surface area contributed by atoms with Gasteiger partial charge in [0.1, 0.15) is 5.75 Å². The molecular weight excluding hydrogens is 398 g/mol. The smallest absolute Gasteiger partial charge is 0.240 e. The second-order valence-electron chi connectivity index (χ2n) is 5.48. The Morgan fingerprint density at radius 1 is 1.12 bits per heavy atom. The van der Waals surface area contributed by atoms with Crippen molar-refractivity contribution in [2.24, 2.45) is 5.10 Å². The maximum Gasteiger partial charge on any atom is 0.240 e. The summed E-state index contributed by atoms with van der Waals surface area (Å²) in [6.07, 6.45) is 2.50. The van der Waals surface area contributed by atoms with Crippen LogP contribution in [0, 0.1) is 0 Å². The second kappa shape index (κ2) is 10.4. The van der Waals surface area contributed by atoms with Gasteiger partial charge in [0.2, 0.25) is 11.8 Å². The summed E-state index contributed by atoms with van der Waals surface area (Å²) in [5.74, 6) is 0.398. The Balaban J connectivity index is 1.66. The summed E-state index contributed by atoms with van der Waals surface area (Å²) in [4.78, 5) is 23.6. The highest BCUT2D eigenvalue weighted by atomic mass is 79.9. The lowest BCUT2D eigenvalue weighted by atomic mass is 10.2. The summed E-state index contributed by atoms with van der Waals surface area (Å²) in [6.45, 7) is 0. The number of rotatable bonds is 8. The number of ether oxygens (including phenoxy) is 1. The van der Waals surface area contributed by atoms with Crippen molar-refractivity contribution in [1.29, 1.82) is 0 Å². The van der Waals surface area contributed by atoms with Crippen molar-refractivity contribution in [3.63, 3.8) is 0 Å². The number of nitrogens with zero attached hydrogens (tertiary/aromatic N) is 1.